The van der Waals surface area contributed by atoms with Gasteiger partial charge in [0.05, 0.1) is 26.4 Å². The number of hydrogen-bond donors (Lipinski definition) is 6. The number of aliphatic hydroxyl groups excluding tert-OH is 4. The molecule has 6 amide bonds. The monoisotopic (exact) mass is 724 g/mol. The zero-order chi connectivity index (χ0) is 38.5. The Morgan fingerprint density at radius 2 is 0.981 bits per heavy atom. The Hall–Kier alpha value is -5.10. The molecule has 0 aliphatic carbocycles. The van der Waals surface area contributed by atoms with Gasteiger partial charge in [-0.3, -0.25) is 19.4 Å². The van der Waals surface area contributed by atoms with Crippen LogP contribution in [0.1, 0.15) is 59.7 Å². The maximum atomic E-state index is 12.4. The first-order valence-corrected chi connectivity index (χ1v) is 16.1. The number of urea groups is 2. The Bertz CT molecular complexity index is 1650. The summed E-state index contributed by atoms with van der Waals surface area (Å²) in [6.45, 7) is 2.47. The lowest BCUT2D eigenvalue weighted by molar-refractivity contribution is -0.134. The molecule has 0 bridgehead atoms. The van der Waals surface area contributed by atoms with Gasteiger partial charge in [0.25, 0.3) is 0 Å². The predicted octanol–water partition coefficient (Wildman–Crippen LogP) is 1.84. The number of amides is 6. The van der Waals surface area contributed by atoms with Crippen molar-refractivity contribution in [2.75, 3.05) is 27.7 Å². The molecule has 16 heteroatoms. The minimum Gasteiger partial charge on any atom is -0.507 e. The van der Waals surface area contributed by atoms with Crippen LogP contribution in [-0.2, 0) is 50.9 Å². The van der Waals surface area contributed by atoms with Crippen LogP contribution in [0.3, 0.4) is 0 Å². The van der Waals surface area contributed by atoms with E-state index in [-0.39, 0.29) is 47.2 Å². The van der Waals surface area contributed by atoms with E-state index in [9.17, 15) is 49.8 Å². The lowest BCUT2D eigenvalue weighted by Crippen LogP contribution is -2.50. The number of ether oxygens (including phenoxy) is 2. The van der Waals surface area contributed by atoms with Crippen molar-refractivity contribution in [3.05, 3.63) is 93.5 Å². The molecule has 2 heterocycles. The van der Waals surface area contributed by atoms with E-state index in [1.807, 2.05) is 37.3 Å². The Balaban J connectivity index is 0.000000244. The number of imide groups is 2. The van der Waals surface area contributed by atoms with Gasteiger partial charge >= 0.3 is 12.1 Å². The first kappa shape index (κ1) is 39.7. The van der Waals surface area contributed by atoms with Crippen LogP contribution in [0.15, 0.2) is 54.6 Å². The standard InChI is InChI=1S/C24H26O6.C12H18N4O6/c1-24(19-5-3-2-4-6-19,20-7-15(11-25)22(29)16(8-20)12-26)21-9-17(13-27)23(30)18(10-21)14-28;1-7(17)15-10-9(13(5-21-3)11(15)19)14(6-22-4)12(20)16(10)8(2)18/h2-10,25-30H,11-14H2,1H3;9-10H,5-6H2,1-4H3. The van der Waals surface area contributed by atoms with Gasteiger partial charge in [-0.25, -0.2) is 19.4 Å². The van der Waals surface area contributed by atoms with E-state index in [0.29, 0.717) is 11.1 Å². The van der Waals surface area contributed by atoms with Crippen LogP contribution in [0.25, 0.3) is 0 Å². The molecule has 2 fully saturated rings. The first-order chi connectivity index (χ1) is 24.8. The second kappa shape index (κ2) is 16.5. The van der Waals surface area contributed by atoms with Gasteiger partial charge < -0.3 is 40.1 Å². The van der Waals surface area contributed by atoms with Crippen LogP contribution in [0.5, 0.6) is 11.5 Å². The number of fused-ring (bicyclic) bond motifs is 1. The minimum atomic E-state index is -1.03. The van der Waals surface area contributed by atoms with Crippen LogP contribution < -0.4 is 0 Å². The van der Waals surface area contributed by atoms with Crippen molar-refractivity contribution in [3.8, 4) is 11.5 Å². The summed E-state index contributed by atoms with van der Waals surface area (Å²) < 4.78 is 9.95. The highest BCUT2D eigenvalue weighted by atomic mass is 16.5. The third-order valence-corrected chi connectivity index (χ3v) is 9.28. The summed E-state index contributed by atoms with van der Waals surface area (Å²) in [6.07, 6.45) is -1.87. The van der Waals surface area contributed by atoms with Crippen LogP contribution in [0, 0.1) is 0 Å². The molecule has 3 aromatic carbocycles. The largest absolute Gasteiger partial charge is 0.507 e. The van der Waals surface area contributed by atoms with Crippen LogP contribution in [-0.4, -0.2) is 114 Å². The number of carbonyl (C=O) groups is 4. The van der Waals surface area contributed by atoms with E-state index in [1.165, 1.54) is 37.9 Å². The minimum absolute atomic E-state index is 0.122. The number of hydrogen-bond acceptors (Lipinski definition) is 12. The molecule has 0 spiro atoms. The number of carbonyl (C=O) groups excluding carboxylic acids is 4. The van der Waals surface area contributed by atoms with Crippen LogP contribution >= 0.6 is 0 Å². The normalized spacial score (nSPS) is 17.0. The number of phenols is 2. The van der Waals surface area contributed by atoms with E-state index < -0.39 is 68.1 Å². The molecule has 280 valence electrons. The van der Waals surface area contributed by atoms with Crippen molar-refractivity contribution in [1.82, 2.24) is 19.6 Å². The maximum absolute atomic E-state index is 12.4. The molecule has 5 rings (SSSR count). The van der Waals surface area contributed by atoms with Crippen molar-refractivity contribution < 1.29 is 59.3 Å². The quantitative estimate of drug-likeness (QED) is 0.156. The molecule has 2 saturated heterocycles. The number of benzene rings is 3. The Morgan fingerprint density at radius 3 is 1.27 bits per heavy atom. The molecule has 0 saturated carbocycles. The van der Waals surface area contributed by atoms with Crippen molar-refractivity contribution in [3.63, 3.8) is 0 Å². The second-order valence-corrected chi connectivity index (χ2v) is 12.4. The average molecular weight is 725 g/mol. The smallest absolute Gasteiger partial charge is 0.332 e. The lowest BCUT2D eigenvalue weighted by Gasteiger charge is -2.34. The molecule has 0 radical (unpaired) electrons. The van der Waals surface area contributed by atoms with Crippen molar-refractivity contribution >= 4 is 23.9 Å². The van der Waals surface area contributed by atoms with Gasteiger partial charge in [-0.2, -0.15) is 0 Å². The molecule has 6 N–H and O–H groups in total. The molecular weight excluding hydrogens is 680 g/mol. The molecule has 16 nitrogen and oxygen atoms in total. The van der Waals surface area contributed by atoms with E-state index in [4.69, 9.17) is 9.47 Å². The summed E-state index contributed by atoms with van der Waals surface area (Å²) in [4.78, 5) is 52.7. The van der Waals surface area contributed by atoms with E-state index in [2.05, 4.69) is 0 Å². The van der Waals surface area contributed by atoms with Gasteiger partial charge in [0, 0.05) is 55.7 Å². The van der Waals surface area contributed by atoms with E-state index >= 15 is 0 Å². The molecule has 0 unspecified atom stereocenters. The summed E-state index contributed by atoms with van der Waals surface area (Å²) in [5.74, 6) is -1.43. The summed E-state index contributed by atoms with van der Waals surface area (Å²) in [5.41, 5.74) is 2.54. The van der Waals surface area contributed by atoms with E-state index in [0.717, 1.165) is 15.4 Å². The van der Waals surface area contributed by atoms with Crippen molar-refractivity contribution in [1.29, 1.82) is 0 Å². The molecule has 0 atom stereocenters. The van der Waals surface area contributed by atoms with Gasteiger partial charge in [-0.05, 0) is 47.9 Å². The van der Waals surface area contributed by atoms with Crippen LogP contribution in [0.2, 0.25) is 0 Å². The highest BCUT2D eigenvalue weighted by molar-refractivity contribution is 6.02. The first-order valence-electron chi connectivity index (χ1n) is 16.1. The maximum Gasteiger partial charge on any atom is 0.332 e. The summed E-state index contributed by atoms with van der Waals surface area (Å²) in [7, 11) is 2.78. The van der Waals surface area contributed by atoms with E-state index in [1.54, 1.807) is 24.3 Å². The summed E-state index contributed by atoms with van der Waals surface area (Å²) in [6, 6.07) is 14.9. The fraction of sp³-hybridized carbons (Fsp3) is 0.389. The average Bonchev–Trinajstić information content (AvgIpc) is 3.57. The van der Waals surface area contributed by atoms with Crippen molar-refractivity contribution in [2.24, 2.45) is 0 Å². The zero-order valence-electron chi connectivity index (χ0n) is 29.5. The van der Waals surface area contributed by atoms with Gasteiger partial charge in [0.1, 0.15) is 25.0 Å². The molecular formula is C36H44N4O12. The summed E-state index contributed by atoms with van der Waals surface area (Å²) >= 11 is 0. The number of nitrogens with zero attached hydrogens (tertiary/aromatic N) is 4. The Labute approximate surface area is 300 Å². The topological polar surface area (TPSA) is 221 Å². The second-order valence-electron chi connectivity index (χ2n) is 12.4. The molecule has 2 aliphatic rings. The number of methoxy groups -OCH3 is 2. The van der Waals surface area contributed by atoms with Gasteiger partial charge in [0.15, 0.2) is 12.3 Å². The van der Waals surface area contributed by atoms with Gasteiger partial charge in [0.2, 0.25) is 11.8 Å². The molecule has 2 aliphatic heterocycles. The predicted molar refractivity (Wildman–Crippen MR) is 183 cm³/mol. The highest BCUT2D eigenvalue weighted by Crippen LogP contribution is 2.43. The number of rotatable bonds is 11. The molecule has 52 heavy (non-hydrogen) atoms. The van der Waals surface area contributed by atoms with Crippen molar-refractivity contribution in [2.45, 2.75) is 64.9 Å². The molecule has 0 aromatic heterocycles. The van der Waals surface area contributed by atoms with Gasteiger partial charge in [-0.1, -0.05) is 30.3 Å². The number of aliphatic hydroxyl groups is 4. The fourth-order valence-electron chi connectivity index (χ4n) is 6.64. The highest BCUT2D eigenvalue weighted by Gasteiger charge is 2.61. The third-order valence-electron chi connectivity index (χ3n) is 9.28. The Morgan fingerprint density at radius 1 is 0.635 bits per heavy atom. The summed E-state index contributed by atoms with van der Waals surface area (Å²) in [5, 5.41) is 59.5. The fourth-order valence-corrected chi connectivity index (χ4v) is 6.64. The number of aromatic hydroxyl groups is 2. The Kier molecular flexibility index (Phi) is 12.6. The molecule has 3 aromatic rings. The lowest BCUT2D eigenvalue weighted by atomic mass is 9.69. The van der Waals surface area contributed by atoms with Gasteiger partial charge in [-0.15, -0.1) is 0 Å². The zero-order valence-corrected chi connectivity index (χ0v) is 29.5. The van der Waals surface area contributed by atoms with Crippen LogP contribution in [0.4, 0.5) is 9.59 Å². The third kappa shape index (κ3) is 7.04. The SMILES string of the molecule is CC(c1ccccc1)(c1cc(CO)c(O)c(CO)c1)c1cc(CO)c(O)c(CO)c1.COCN1C(=O)N(C(C)=O)C2C1N(COC)C(=O)N2C(C)=O.